The molecular weight excluding hydrogens is 388 g/mol. The number of hydrogen-bond donors (Lipinski definition) is 1. The Morgan fingerprint density at radius 1 is 1.07 bits per heavy atom. The highest BCUT2D eigenvalue weighted by Gasteiger charge is 2.37. The number of nitrogens with zero attached hydrogens (tertiary/aromatic N) is 1. The molecule has 2 aromatic rings. The predicted octanol–water partition coefficient (Wildman–Crippen LogP) is 3.26. The lowest BCUT2D eigenvalue weighted by Gasteiger charge is -2.34. The molecule has 0 saturated heterocycles. The average molecular weight is 413 g/mol. The molecule has 0 spiro atoms. The molecule has 1 N–H and O–H groups in total. The Labute approximate surface area is 171 Å². The summed E-state index contributed by atoms with van der Waals surface area (Å²) in [5.41, 5.74) is 1.66. The van der Waals surface area contributed by atoms with Crippen molar-refractivity contribution >= 4 is 21.6 Å². The third-order valence-corrected chi connectivity index (χ3v) is 7.03. The van der Waals surface area contributed by atoms with Gasteiger partial charge in [0.15, 0.2) is 6.10 Å². The molecule has 0 unspecified atom stereocenters. The lowest BCUT2D eigenvalue weighted by atomic mass is 10.00. The van der Waals surface area contributed by atoms with Crippen molar-refractivity contribution < 1.29 is 17.9 Å². The summed E-state index contributed by atoms with van der Waals surface area (Å²) in [6.07, 6.45) is 5.62. The van der Waals surface area contributed by atoms with Gasteiger partial charge in [-0.15, -0.1) is 0 Å². The first-order chi connectivity index (χ1) is 14.1. The number of allylic oxidation sites excluding steroid dienone is 1. The summed E-state index contributed by atoms with van der Waals surface area (Å²) in [5, 5.41) is 2.91. The van der Waals surface area contributed by atoms with E-state index >= 15 is 0 Å². The monoisotopic (exact) mass is 412 g/mol. The molecule has 0 saturated carbocycles. The molecule has 7 heteroatoms. The lowest BCUT2D eigenvalue weighted by Crippen LogP contribution is -2.51. The molecule has 0 aromatic heterocycles. The normalized spacial score (nSPS) is 19.0. The van der Waals surface area contributed by atoms with Gasteiger partial charge >= 0.3 is 0 Å². The summed E-state index contributed by atoms with van der Waals surface area (Å²) in [6, 6.07) is 15.1. The van der Waals surface area contributed by atoms with E-state index in [9.17, 15) is 13.2 Å². The van der Waals surface area contributed by atoms with Crippen LogP contribution < -0.4 is 14.4 Å². The fraction of sp³-hybridized carbons (Fsp3) is 0.318. The standard InChI is InChI=1S/C22H24N2O4S/c25-22(23-15-17-9-3-1-4-10-17)21-16-24(19-13-7-8-14-20(19)28-21)29(26,27)18-11-5-2-6-12-18/h2,5-9,11-14,21H,1,3-4,10,15-16H2,(H,23,25)/t21-/m0/s1. The van der Waals surface area contributed by atoms with Gasteiger partial charge in [0, 0.05) is 6.54 Å². The number of hydrogen-bond acceptors (Lipinski definition) is 4. The summed E-state index contributed by atoms with van der Waals surface area (Å²) in [6.45, 7) is 0.408. The van der Waals surface area contributed by atoms with Crippen molar-refractivity contribution in [3.8, 4) is 5.75 Å². The fourth-order valence-corrected chi connectivity index (χ4v) is 5.16. The maximum atomic E-state index is 13.3. The third kappa shape index (κ3) is 4.15. The number of benzene rings is 2. The number of carbonyl (C=O) groups is 1. The number of nitrogens with one attached hydrogen (secondary N) is 1. The molecule has 1 atom stereocenters. The van der Waals surface area contributed by atoms with Crippen LogP contribution in [0.15, 0.2) is 71.1 Å². The van der Waals surface area contributed by atoms with E-state index in [1.807, 2.05) is 0 Å². The van der Waals surface area contributed by atoms with Crippen LogP contribution in [0.3, 0.4) is 0 Å². The van der Waals surface area contributed by atoms with Crippen molar-refractivity contribution in [1.29, 1.82) is 0 Å². The minimum atomic E-state index is -3.82. The minimum Gasteiger partial charge on any atom is -0.476 e. The zero-order valence-electron chi connectivity index (χ0n) is 16.1. The van der Waals surface area contributed by atoms with Crippen LogP contribution in [0, 0.1) is 0 Å². The van der Waals surface area contributed by atoms with Gasteiger partial charge in [-0.2, -0.15) is 0 Å². The van der Waals surface area contributed by atoms with Gasteiger partial charge in [-0.05, 0) is 49.9 Å². The molecule has 152 valence electrons. The summed E-state index contributed by atoms with van der Waals surface area (Å²) in [5.74, 6) is 0.0783. The van der Waals surface area contributed by atoms with Crippen LogP contribution in [0.5, 0.6) is 5.75 Å². The van der Waals surface area contributed by atoms with Crippen molar-refractivity contribution in [2.45, 2.75) is 36.7 Å². The molecule has 1 aliphatic carbocycles. The van der Waals surface area contributed by atoms with Crippen molar-refractivity contribution in [1.82, 2.24) is 5.32 Å². The van der Waals surface area contributed by atoms with Crippen LogP contribution in [-0.4, -0.2) is 33.5 Å². The molecule has 2 aliphatic rings. The van der Waals surface area contributed by atoms with Crippen LogP contribution in [0.1, 0.15) is 25.7 Å². The first-order valence-electron chi connectivity index (χ1n) is 9.85. The number of para-hydroxylation sites is 2. The highest BCUT2D eigenvalue weighted by Crippen LogP contribution is 2.36. The van der Waals surface area contributed by atoms with Crippen LogP contribution in [0.4, 0.5) is 5.69 Å². The van der Waals surface area contributed by atoms with E-state index in [1.165, 1.54) is 16.3 Å². The Hall–Kier alpha value is -2.80. The number of carbonyl (C=O) groups excluding carboxylic acids is 1. The number of amides is 1. The zero-order chi connectivity index (χ0) is 20.3. The molecule has 0 fully saturated rings. The van der Waals surface area contributed by atoms with Crippen LogP contribution in [0.2, 0.25) is 0 Å². The maximum Gasteiger partial charge on any atom is 0.264 e. The first-order valence-corrected chi connectivity index (χ1v) is 11.3. The summed E-state index contributed by atoms with van der Waals surface area (Å²) < 4.78 is 33.6. The molecule has 29 heavy (non-hydrogen) atoms. The molecule has 1 heterocycles. The smallest absolute Gasteiger partial charge is 0.264 e. The lowest BCUT2D eigenvalue weighted by molar-refractivity contribution is -0.127. The molecule has 4 rings (SSSR count). The predicted molar refractivity (Wildman–Crippen MR) is 111 cm³/mol. The van der Waals surface area contributed by atoms with Crippen molar-refractivity contribution in [3.63, 3.8) is 0 Å². The van der Waals surface area contributed by atoms with Gasteiger partial charge in [0.2, 0.25) is 0 Å². The first kappa shape index (κ1) is 19.5. The molecule has 0 bridgehead atoms. The van der Waals surface area contributed by atoms with Gasteiger partial charge in [0.25, 0.3) is 15.9 Å². The van der Waals surface area contributed by atoms with Crippen molar-refractivity contribution in [2.24, 2.45) is 0 Å². The Morgan fingerprint density at radius 2 is 1.83 bits per heavy atom. The number of rotatable bonds is 5. The number of ether oxygens (including phenoxy) is 1. The molecular formula is C22H24N2O4S. The van der Waals surface area contributed by atoms with E-state index in [0.29, 0.717) is 18.0 Å². The molecule has 1 aliphatic heterocycles. The second-order valence-corrected chi connectivity index (χ2v) is 9.11. The Balaban J connectivity index is 1.57. The van der Waals surface area contributed by atoms with Gasteiger partial charge in [0.1, 0.15) is 5.75 Å². The van der Waals surface area contributed by atoms with Gasteiger partial charge in [-0.25, -0.2) is 8.42 Å². The third-order valence-electron chi connectivity index (χ3n) is 5.23. The van der Waals surface area contributed by atoms with Crippen molar-refractivity contribution in [3.05, 3.63) is 66.2 Å². The van der Waals surface area contributed by atoms with E-state index in [2.05, 4.69) is 11.4 Å². The highest BCUT2D eigenvalue weighted by molar-refractivity contribution is 7.92. The Bertz CT molecular complexity index is 1020. The topological polar surface area (TPSA) is 75.7 Å². The van der Waals surface area contributed by atoms with E-state index in [4.69, 9.17) is 4.74 Å². The summed E-state index contributed by atoms with van der Waals surface area (Å²) in [4.78, 5) is 13.0. The van der Waals surface area contributed by atoms with Crippen LogP contribution in [-0.2, 0) is 14.8 Å². The highest BCUT2D eigenvalue weighted by atomic mass is 32.2. The molecule has 0 radical (unpaired) electrons. The van der Waals surface area contributed by atoms with E-state index in [-0.39, 0.29) is 17.3 Å². The SMILES string of the molecule is O=C(NCC1=CCCCC1)[C@@H]1CN(S(=O)(=O)c2ccccc2)c2ccccc2O1. The molecule has 2 aromatic carbocycles. The van der Waals surface area contributed by atoms with E-state index in [1.54, 1.807) is 54.6 Å². The Kier molecular flexibility index (Phi) is 5.58. The van der Waals surface area contributed by atoms with E-state index in [0.717, 1.165) is 19.3 Å². The van der Waals surface area contributed by atoms with Gasteiger partial charge in [-0.3, -0.25) is 9.10 Å². The quantitative estimate of drug-likeness (QED) is 0.765. The van der Waals surface area contributed by atoms with Gasteiger partial charge < -0.3 is 10.1 Å². The number of sulfonamides is 1. The molecule has 6 nitrogen and oxygen atoms in total. The van der Waals surface area contributed by atoms with Gasteiger partial charge in [0.05, 0.1) is 17.1 Å². The second-order valence-electron chi connectivity index (χ2n) is 7.25. The van der Waals surface area contributed by atoms with Crippen LogP contribution >= 0.6 is 0 Å². The summed E-state index contributed by atoms with van der Waals surface area (Å²) in [7, 11) is -3.82. The molecule has 1 amide bonds. The minimum absolute atomic E-state index is 0.0703. The largest absolute Gasteiger partial charge is 0.476 e. The summed E-state index contributed by atoms with van der Waals surface area (Å²) >= 11 is 0. The number of fused-ring (bicyclic) bond motifs is 1. The van der Waals surface area contributed by atoms with Crippen LogP contribution in [0.25, 0.3) is 0 Å². The average Bonchev–Trinajstić information content (AvgIpc) is 2.78. The second kappa shape index (κ2) is 8.29. The maximum absolute atomic E-state index is 13.3. The van der Waals surface area contributed by atoms with Crippen molar-refractivity contribution in [2.75, 3.05) is 17.4 Å². The fourth-order valence-electron chi connectivity index (χ4n) is 3.67. The van der Waals surface area contributed by atoms with E-state index < -0.39 is 16.1 Å². The van der Waals surface area contributed by atoms with Gasteiger partial charge in [-0.1, -0.05) is 42.0 Å². The number of anilines is 1. The Morgan fingerprint density at radius 3 is 2.59 bits per heavy atom. The zero-order valence-corrected chi connectivity index (χ0v) is 16.9.